The van der Waals surface area contributed by atoms with E-state index in [1.807, 2.05) is 13.0 Å². The number of esters is 1. The van der Waals surface area contributed by atoms with Crippen molar-refractivity contribution in [2.75, 3.05) is 6.61 Å². The van der Waals surface area contributed by atoms with E-state index in [1.54, 1.807) is 6.08 Å². The molecule has 0 aliphatic heterocycles. The van der Waals surface area contributed by atoms with Crippen molar-refractivity contribution in [3.8, 4) is 0 Å². The number of carbonyl (C=O) groups is 1. The zero-order chi connectivity index (χ0) is 12.9. The van der Waals surface area contributed by atoms with Gasteiger partial charge in [0.15, 0.2) is 0 Å². The van der Waals surface area contributed by atoms with E-state index in [0.717, 1.165) is 0 Å². The number of ether oxygens (including phenoxy) is 1. The summed E-state index contributed by atoms with van der Waals surface area (Å²) in [6, 6.07) is 0. The highest BCUT2D eigenvalue weighted by atomic mass is 16.5. The van der Waals surface area contributed by atoms with Gasteiger partial charge in [0.25, 0.3) is 0 Å². The fourth-order valence-corrected chi connectivity index (χ4v) is 2.78. The molecule has 0 aromatic carbocycles. The molecule has 1 aliphatic carbocycles. The van der Waals surface area contributed by atoms with Crippen LogP contribution >= 0.6 is 0 Å². The molecule has 0 aromatic rings. The second kappa shape index (κ2) is 6.23. The van der Waals surface area contributed by atoms with Gasteiger partial charge in [-0.3, -0.25) is 0 Å². The number of rotatable bonds is 4. The molecule has 1 aliphatic rings. The predicted octanol–water partition coefficient (Wildman–Crippen LogP) is 3.96. The molecule has 0 bridgehead atoms. The molecule has 0 radical (unpaired) electrons. The summed E-state index contributed by atoms with van der Waals surface area (Å²) >= 11 is 0. The fourth-order valence-electron chi connectivity index (χ4n) is 2.78. The second-order valence-electron chi connectivity index (χ2n) is 5.99. The minimum Gasteiger partial charge on any atom is -0.463 e. The summed E-state index contributed by atoms with van der Waals surface area (Å²) in [4.78, 5) is 11.2. The summed E-state index contributed by atoms with van der Waals surface area (Å²) in [5.41, 5.74) is 0.467. The Balaban J connectivity index is 2.47. The molecule has 2 atom stereocenters. The van der Waals surface area contributed by atoms with Crippen molar-refractivity contribution in [2.24, 2.45) is 17.3 Å². The highest BCUT2D eigenvalue weighted by Gasteiger charge is 2.29. The summed E-state index contributed by atoms with van der Waals surface area (Å²) in [5, 5.41) is 0. The Labute approximate surface area is 105 Å². The van der Waals surface area contributed by atoms with Gasteiger partial charge in [0.1, 0.15) is 0 Å². The smallest absolute Gasteiger partial charge is 0.330 e. The number of hydrogen-bond donors (Lipinski definition) is 0. The summed E-state index contributed by atoms with van der Waals surface area (Å²) in [6.07, 6.45) is 8.81. The first-order valence-electron chi connectivity index (χ1n) is 6.79. The molecule has 17 heavy (non-hydrogen) atoms. The largest absolute Gasteiger partial charge is 0.463 e. The Bertz CT molecular complexity index is 279. The van der Waals surface area contributed by atoms with Crippen LogP contribution < -0.4 is 0 Å². The van der Waals surface area contributed by atoms with Crippen LogP contribution in [-0.4, -0.2) is 12.6 Å². The first-order valence-corrected chi connectivity index (χ1v) is 6.79. The van der Waals surface area contributed by atoms with Gasteiger partial charge < -0.3 is 4.74 Å². The lowest BCUT2D eigenvalue weighted by atomic mass is 9.68. The standard InChI is InChI=1S/C15H26O2/c1-5-17-14(16)9-8-12(2)13-7-6-10-15(3,4)11-13/h8-9,12-13H,5-7,10-11H2,1-4H3/b9-8+. The summed E-state index contributed by atoms with van der Waals surface area (Å²) in [7, 11) is 0. The van der Waals surface area contributed by atoms with Gasteiger partial charge in [-0.25, -0.2) is 4.79 Å². The van der Waals surface area contributed by atoms with Crippen LogP contribution in [0.3, 0.4) is 0 Å². The third-order valence-corrected chi connectivity index (χ3v) is 3.81. The van der Waals surface area contributed by atoms with Crippen LogP contribution in [0.5, 0.6) is 0 Å². The number of hydrogen-bond acceptors (Lipinski definition) is 2. The van der Waals surface area contributed by atoms with Crippen LogP contribution in [0.2, 0.25) is 0 Å². The van der Waals surface area contributed by atoms with Gasteiger partial charge >= 0.3 is 5.97 Å². The van der Waals surface area contributed by atoms with Crippen LogP contribution in [0, 0.1) is 17.3 Å². The SMILES string of the molecule is CCOC(=O)/C=C/C(C)C1CCCC(C)(C)C1. The molecule has 1 fully saturated rings. The minimum atomic E-state index is -0.214. The molecule has 0 saturated heterocycles. The van der Waals surface area contributed by atoms with Crippen molar-refractivity contribution in [2.45, 2.75) is 53.4 Å². The topological polar surface area (TPSA) is 26.3 Å². The Morgan fingerprint density at radius 2 is 2.24 bits per heavy atom. The maximum Gasteiger partial charge on any atom is 0.330 e. The molecule has 0 amide bonds. The maximum atomic E-state index is 11.2. The average molecular weight is 238 g/mol. The quantitative estimate of drug-likeness (QED) is 0.547. The molecule has 2 unspecified atom stereocenters. The first-order chi connectivity index (χ1) is 7.94. The van der Waals surface area contributed by atoms with Crippen LogP contribution in [0.4, 0.5) is 0 Å². The maximum absolute atomic E-state index is 11.2. The van der Waals surface area contributed by atoms with Crippen molar-refractivity contribution in [3.63, 3.8) is 0 Å². The van der Waals surface area contributed by atoms with Crippen molar-refractivity contribution < 1.29 is 9.53 Å². The lowest BCUT2D eigenvalue weighted by molar-refractivity contribution is -0.137. The molecular formula is C15H26O2. The van der Waals surface area contributed by atoms with Crippen LogP contribution in [-0.2, 0) is 9.53 Å². The zero-order valence-corrected chi connectivity index (χ0v) is 11.7. The van der Waals surface area contributed by atoms with Crippen LogP contribution in [0.1, 0.15) is 53.4 Å². The number of carbonyl (C=O) groups excluding carboxylic acids is 1. The Morgan fingerprint density at radius 1 is 1.53 bits per heavy atom. The third kappa shape index (κ3) is 4.93. The molecule has 0 N–H and O–H groups in total. The van der Waals surface area contributed by atoms with E-state index in [1.165, 1.54) is 25.7 Å². The highest BCUT2D eigenvalue weighted by Crippen LogP contribution is 2.41. The lowest BCUT2D eigenvalue weighted by Gasteiger charge is -2.37. The van der Waals surface area contributed by atoms with Gasteiger partial charge in [-0.15, -0.1) is 0 Å². The molecule has 0 spiro atoms. The van der Waals surface area contributed by atoms with Crippen molar-refractivity contribution in [1.29, 1.82) is 0 Å². The van der Waals surface area contributed by atoms with Gasteiger partial charge in [-0.2, -0.15) is 0 Å². The Morgan fingerprint density at radius 3 is 2.82 bits per heavy atom. The van der Waals surface area contributed by atoms with Crippen molar-refractivity contribution >= 4 is 5.97 Å². The first kappa shape index (κ1) is 14.3. The summed E-state index contributed by atoms with van der Waals surface area (Å²) in [6.45, 7) is 9.19. The molecule has 1 rings (SSSR count). The second-order valence-corrected chi connectivity index (χ2v) is 5.99. The van der Waals surface area contributed by atoms with E-state index in [2.05, 4.69) is 20.8 Å². The van der Waals surface area contributed by atoms with Gasteiger partial charge in [-0.1, -0.05) is 33.3 Å². The third-order valence-electron chi connectivity index (χ3n) is 3.81. The normalized spacial score (nSPS) is 25.8. The average Bonchev–Trinajstić information content (AvgIpc) is 2.25. The van der Waals surface area contributed by atoms with E-state index < -0.39 is 0 Å². The molecule has 98 valence electrons. The monoisotopic (exact) mass is 238 g/mol. The lowest BCUT2D eigenvalue weighted by Crippen LogP contribution is -2.26. The van der Waals surface area contributed by atoms with Crippen molar-refractivity contribution in [1.82, 2.24) is 0 Å². The van der Waals surface area contributed by atoms with Gasteiger partial charge in [0, 0.05) is 6.08 Å². The highest BCUT2D eigenvalue weighted by molar-refractivity contribution is 5.81. The van der Waals surface area contributed by atoms with E-state index in [-0.39, 0.29) is 5.97 Å². The van der Waals surface area contributed by atoms with Crippen molar-refractivity contribution in [3.05, 3.63) is 12.2 Å². The van der Waals surface area contributed by atoms with E-state index in [9.17, 15) is 4.79 Å². The molecular weight excluding hydrogens is 212 g/mol. The van der Waals surface area contributed by atoms with Crippen LogP contribution in [0.15, 0.2) is 12.2 Å². The van der Waals surface area contributed by atoms with E-state index in [0.29, 0.717) is 23.9 Å². The fraction of sp³-hybridized carbons (Fsp3) is 0.800. The predicted molar refractivity (Wildman–Crippen MR) is 70.7 cm³/mol. The minimum absolute atomic E-state index is 0.214. The summed E-state index contributed by atoms with van der Waals surface area (Å²) < 4.78 is 4.89. The molecule has 2 heteroatoms. The Hall–Kier alpha value is -0.790. The molecule has 0 heterocycles. The van der Waals surface area contributed by atoms with Crippen LogP contribution in [0.25, 0.3) is 0 Å². The molecule has 2 nitrogen and oxygen atoms in total. The Kier molecular flexibility index (Phi) is 5.23. The molecule has 0 aromatic heterocycles. The van der Waals surface area contributed by atoms with Gasteiger partial charge in [0.2, 0.25) is 0 Å². The zero-order valence-electron chi connectivity index (χ0n) is 11.7. The van der Waals surface area contributed by atoms with E-state index in [4.69, 9.17) is 4.74 Å². The molecule has 1 saturated carbocycles. The number of allylic oxidation sites excluding steroid dienone is 1. The van der Waals surface area contributed by atoms with Gasteiger partial charge in [-0.05, 0) is 43.4 Å². The van der Waals surface area contributed by atoms with Gasteiger partial charge in [0.05, 0.1) is 6.61 Å². The summed E-state index contributed by atoms with van der Waals surface area (Å²) in [5.74, 6) is 0.970. The van der Waals surface area contributed by atoms with E-state index >= 15 is 0 Å².